The minimum absolute atomic E-state index is 0.185. The van der Waals surface area contributed by atoms with Crippen molar-refractivity contribution in [2.75, 3.05) is 11.1 Å². The molecule has 2 aromatic rings. The van der Waals surface area contributed by atoms with E-state index in [2.05, 4.69) is 5.32 Å². The Morgan fingerprint density at radius 2 is 1.57 bits per heavy atom. The fourth-order valence-corrected chi connectivity index (χ4v) is 1.80. The maximum Gasteiger partial charge on any atom is 0.256 e. The van der Waals surface area contributed by atoms with E-state index in [-0.39, 0.29) is 5.92 Å². The van der Waals surface area contributed by atoms with E-state index in [1.165, 1.54) is 6.92 Å². The van der Waals surface area contributed by atoms with Crippen LogP contribution in [0.15, 0.2) is 48.5 Å². The molecule has 4 N–H and O–H groups in total. The lowest BCUT2D eigenvalue weighted by molar-refractivity contribution is -0.136. The van der Waals surface area contributed by atoms with E-state index in [9.17, 15) is 9.90 Å². The van der Waals surface area contributed by atoms with Crippen molar-refractivity contribution in [2.24, 2.45) is 5.92 Å². The van der Waals surface area contributed by atoms with Gasteiger partial charge in [-0.05, 0) is 61.4 Å². The van der Waals surface area contributed by atoms with Crippen LogP contribution in [0.3, 0.4) is 0 Å². The van der Waals surface area contributed by atoms with Gasteiger partial charge in [-0.25, -0.2) is 0 Å². The molecule has 122 valence electrons. The molecule has 0 heterocycles. The fourth-order valence-electron chi connectivity index (χ4n) is 1.80. The number of amides is 1. The van der Waals surface area contributed by atoms with Gasteiger partial charge >= 0.3 is 0 Å². The van der Waals surface area contributed by atoms with Gasteiger partial charge in [0.2, 0.25) is 0 Å². The molecule has 2 aromatic carbocycles. The van der Waals surface area contributed by atoms with Crippen LogP contribution < -0.4 is 15.8 Å². The highest BCUT2D eigenvalue weighted by Crippen LogP contribution is 2.25. The third-order valence-corrected chi connectivity index (χ3v) is 3.81. The molecule has 0 spiro atoms. The van der Waals surface area contributed by atoms with Crippen molar-refractivity contribution in [3.8, 4) is 11.5 Å². The summed E-state index contributed by atoms with van der Waals surface area (Å²) < 4.78 is 5.68. The topological polar surface area (TPSA) is 84.6 Å². The molecule has 1 unspecified atom stereocenters. The molecule has 1 atom stereocenters. The van der Waals surface area contributed by atoms with Crippen LogP contribution in [-0.4, -0.2) is 16.6 Å². The number of aliphatic hydroxyl groups is 1. The predicted octanol–water partition coefficient (Wildman–Crippen LogP) is 3.41. The van der Waals surface area contributed by atoms with Crippen molar-refractivity contribution in [1.82, 2.24) is 0 Å². The molecule has 0 saturated carbocycles. The molecule has 0 radical (unpaired) electrons. The minimum Gasteiger partial charge on any atom is -0.457 e. The second-order valence-corrected chi connectivity index (χ2v) is 5.95. The summed E-state index contributed by atoms with van der Waals surface area (Å²) in [7, 11) is 0. The first-order chi connectivity index (χ1) is 10.8. The van der Waals surface area contributed by atoms with Crippen LogP contribution in [0.5, 0.6) is 11.5 Å². The van der Waals surface area contributed by atoms with Crippen LogP contribution in [-0.2, 0) is 4.79 Å². The van der Waals surface area contributed by atoms with Crippen molar-refractivity contribution >= 4 is 17.3 Å². The highest BCUT2D eigenvalue weighted by atomic mass is 16.5. The highest BCUT2D eigenvalue weighted by Gasteiger charge is 2.33. The number of anilines is 2. The molecule has 5 nitrogen and oxygen atoms in total. The van der Waals surface area contributed by atoms with E-state index >= 15 is 0 Å². The Morgan fingerprint density at radius 3 is 2.04 bits per heavy atom. The van der Waals surface area contributed by atoms with Crippen LogP contribution in [0.4, 0.5) is 11.4 Å². The number of hydrogen-bond acceptors (Lipinski definition) is 4. The van der Waals surface area contributed by atoms with Crippen molar-refractivity contribution in [2.45, 2.75) is 26.4 Å². The third kappa shape index (κ3) is 4.23. The number of nitrogens with one attached hydrogen (secondary N) is 1. The van der Waals surface area contributed by atoms with Gasteiger partial charge < -0.3 is 20.9 Å². The average Bonchev–Trinajstić information content (AvgIpc) is 2.51. The summed E-state index contributed by atoms with van der Waals surface area (Å²) >= 11 is 0. The van der Waals surface area contributed by atoms with Gasteiger partial charge in [0, 0.05) is 11.4 Å². The van der Waals surface area contributed by atoms with Gasteiger partial charge in [-0.1, -0.05) is 13.8 Å². The first-order valence-corrected chi connectivity index (χ1v) is 7.46. The Balaban J connectivity index is 2.02. The summed E-state index contributed by atoms with van der Waals surface area (Å²) in [6.07, 6.45) is 0. The van der Waals surface area contributed by atoms with E-state index in [0.717, 1.165) is 0 Å². The van der Waals surface area contributed by atoms with Crippen LogP contribution in [0.25, 0.3) is 0 Å². The molecule has 1 amide bonds. The second kappa shape index (κ2) is 6.71. The number of hydrogen-bond donors (Lipinski definition) is 3. The fraction of sp³-hybridized carbons (Fsp3) is 0.278. The molecule has 0 fully saturated rings. The average molecular weight is 314 g/mol. The molecular formula is C18H22N2O3. The number of nitrogens with two attached hydrogens (primary N) is 1. The van der Waals surface area contributed by atoms with E-state index in [1.807, 2.05) is 0 Å². The molecule has 0 aliphatic rings. The van der Waals surface area contributed by atoms with Crippen LogP contribution >= 0.6 is 0 Å². The lowest BCUT2D eigenvalue weighted by atomic mass is 9.91. The van der Waals surface area contributed by atoms with Crippen molar-refractivity contribution in [3.63, 3.8) is 0 Å². The lowest BCUT2D eigenvalue weighted by Crippen LogP contribution is -2.44. The van der Waals surface area contributed by atoms with Gasteiger partial charge in [-0.2, -0.15) is 0 Å². The Bertz CT molecular complexity index is 662. The molecule has 0 bridgehead atoms. The number of nitrogen functional groups attached to an aromatic ring is 1. The number of carbonyl (C=O) groups excluding carboxylic acids is 1. The molecule has 0 aliphatic carbocycles. The lowest BCUT2D eigenvalue weighted by Gasteiger charge is -2.26. The van der Waals surface area contributed by atoms with Gasteiger partial charge in [0.1, 0.15) is 17.1 Å². The molecule has 2 rings (SSSR count). The predicted molar refractivity (Wildman–Crippen MR) is 91.5 cm³/mol. The summed E-state index contributed by atoms with van der Waals surface area (Å²) in [5.41, 5.74) is 5.48. The zero-order valence-electron chi connectivity index (χ0n) is 13.5. The third-order valence-electron chi connectivity index (χ3n) is 3.81. The maximum atomic E-state index is 12.1. The Labute approximate surface area is 136 Å². The number of carbonyl (C=O) groups is 1. The Hall–Kier alpha value is -2.53. The van der Waals surface area contributed by atoms with Gasteiger partial charge in [0.15, 0.2) is 0 Å². The maximum absolute atomic E-state index is 12.1. The molecule has 5 heteroatoms. The normalized spacial score (nSPS) is 13.4. The first kappa shape index (κ1) is 16.8. The zero-order valence-corrected chi connectivity index (χ0v) is 13.5. The van der Waals surface area contributed by atoms with Crippen molar-refractivity contribution < 1.29 is 14.6 Å². The smallest absolute Gasteiger partial charge is 0.256 e. The first-order valence-electron chi connectivity index (χ1n) is 7.46. The minimum atomic E-state index is -1.42. The molecule has 0 aliphatic heterocycles. The molecule has 0 saturated heterocycles. The summed E-state index contributed by atoms with van der Waals surface area (Å²) in [5.74, 6) is 0.706. The van der Waals surface area contributed by atoms with Gasteiger partial charge in [0.05, 0.1) is 0 Å². The van der Waals surface area contributed by atoms with Crippen molar-refractivity contribution in [3.05, 3.63) is 48.5 Å². The molecule has 0 aromatic heterocycles. The van der Waals surface area contributed by atoms with Gasteiger partial charge in [-0.3, -0.25) is 4.79 Å². The largest absolute Gasteiger partial charge is 0.457 e. The van der Waals surface area contributed by atoms with Crippen LogP contribution in [0, 0.1) is 5.92 Å². The standard InChI is InChI=1S/C18H22N2O3/c1-12(2)18(3,22)17(21)20-14-6-10-16(11-7-14)23-15-8-4-13(19)5-9-15/h4-12,22H,19H2,1-3H3,(H,20,21). The SMILES string of the molecule is CC(C)C(C)(O)C(=O)Nc1ccc(Oc2ccc(N)cc2)cc1. The number of ether oxygens (including phenoxy) is 1. The second-order valence-electron chi connectivity index (χ2n) is 5.95. The summed E-state index contributed by atoms with van der Waals surface area (Å²) in [6, 6.07) is 14.0. The quantitative estimate of drug-likeness (QED) is 0.738. The van der Waals surface area contributed by atoms with E-state index in [0.29, 0.717) is 22.9 Å². The van der Waals surface area contributed by atoms with Gasteiger partial charge in [-0.15, -0.1) is 0 Å². The molecule has 23 heavy (non-hydrogen) atoms. The molecular weight excluding hydrogens is 292 g/mol. The Kier molecular flexibility index (Phi) is 4.91. The highest BCUT2D eigenvalue weighted by molar-refractivity contribution is 5.97. The summed E-state index contributed by atoms with van der Waals surface area (Å²) in [5, 5.41) is 12.8. The van der Waals surface area contributed by atoms with Crippen molar-refractivity contribution in [1.29, 1.82) is 0 Å². The van der Waals surface area contributed by atoms with E-state index < -0.39 is 11.5 Å². The number of rotatable bonds is 5. The van der Waals surface area contributed by atoms with E-state index in [4.69, 9.17) is 10.5 Å². The van der Waals surface area contributed by atoms with Gasteiger partial charge in [0.25, 0.3) is 5.91 Å². The zero-order chi connectivity index (χ0) is 17.0. The summed E-state index contributed by atoms with van der Waals surface area (Å²) in [4.78, 5) is 12.1. The Morgan fingerprint density at radius 1 is 1.09 bits per heavy atom. The summed E-state index contributed by atoms with van der Waals surface area (Å²) in [6.45, 7) is 5.10. The van der Waals surface area contributed by atoms with Crippen LogP contribution in [0.1, 0.15) is 20.8 Å². The number of benzene rings is 2. The van der Waals surface area contributed by atoms with E-state index in [1.54, 1.807) is 62.4 Å². The monoisotopic (exact) mass is 314 g/mol. The van der Waals surface area contributed by atoms with Crippen LogP contribution in [0.2, 0.25) is 0 Å².